The van der Waals surface area contributed by atoms with Gasteiger partial charge in [-0.25, -0.2) is 14.2 Å². The quantitative estimate of drug-likeness (QED) is 0.700. The number of nitrogens with one attached hydrogen (secondary N) is 1. The summed E-state index contributed by atoms with van der Waals surface area (Å²) in [5.41, 5.74) is 1.52. The fourth-order valence-electron chi connectivity index (χ4n) is 2.30. The zero-order chi connectivity index (χ0) is 16.6. The molecule has 2 aromatic carbocycles. The first-order valence-corrected chi connectivity index (χ1v) is 7.55. The van der Waals surface area contributed by atoms with Crippen LogP contribution in [0.5, 0.6) is 0 Å². The standard InChI is InChI=1S/C16H13BrFN3O2/c1-21-8-19-15-12(21)7-11(16(22)23-2)14(13(15)18)20-10-5-3-9(17)4-6-10/h3-8,20H,1-2H3. The number of esters is 1. The predicted octanol–water partition coefficient (Wildman–Crippen LogP) is 4.01. The van der Waals surface area contributed by atoms with Crippen molar-refractivity contribution in [1.82, 2.24) is 9.55 Å². The second-order valence-electron chi connectivity index (χ2n) is 4.96. The average molecular weight is 378 g/mol. The monoisotopic (exact) mass is 377 g/mol. The number of methoxy groups -OCH3 is 1. The highest BCUT2D eigenvalue weighted by Gasteiger charge is 2.21. The maximum Gasteiger partial charge on any atom is 0.340 e. The van der Waals surface area contributed by atoms with Crippen LogP contribution < -0.4 is 5.32 Å². The van der Waals surface area contributed by atoms with Crippen molar-refractivity contribution in [1.29, 1.82) is 0 Å². The molecule has 0 aliphatic carbocycles. The lowest BCUT2D eigenvalue weighted by molar-refractivity contribution is 0.0601. The molecule has 1 aromatic heterocycles. The molecule has 23 heavy (non-hydrogen) atoms. The van der Waals surface area contributed by atoms with Crippen molar-refractivity contribution >= 4 is 44.3 Å². The van der Waals surface area contributed by atoms with Crippen molar-refractivity contribution in [3.05, 3.63) is 52.5 Å². The maximum absolute atomic E-state index is 14.8. The minimum atomic E-state index is -0.619. The van der Waals surface area contributed by atoms with Gasteiger partial charge in [0, 0.05) is 17.2 Å². The first kappa shape index (κ1) is 15.5. The lowest BCUT2D eigenvalue weighted by atomic mass is 10.1. The molecule has 7 heteroatoms. The summed E-state index contributed by atoms with van der Waals surface area (Å²) in [6, 6.07) is 8.74. The van der Waals surface area contributed by atoms with Crippen LogP contribution in [0.2, 0.25) is 0 Å². The number of fused-ring (bicyclic) bond motifs is 1. The zero-order valence-electron chi connectivity index (χ0n) is 12.4. The van der Waals surface area contributed by atoms with Crippen LogP contribution in [-0.4, -0.2) is 22.6 Å². The van der Waals surface area contributed by atoms with Crippen LogP contribution in [0, 0.1) is 5.82 Å². The molecule has 1 N–H and O–H groups in total. The molecule has 0 fully saturated rings. The van der Waals surface area contributed by atoms with Gasteiger partial charge in [0.1, 0.15) is 5.52 Å². The number of nitrogens with zero attached hydrogens (tertiary/aromatic N) is 2. The van der Waals surface area contributed by atoms with Gasteiger partial charge in [-0.3, -0.25) is 0 Å². The molecule has 0 aliphatic heterocycles. The third kappa shape index (κ3) is 2.79. The van der Waals surface area contributed by atoms with Gasteiger partial charge >= 0.3 is 5.97 Å². The minimum Gasteiger partial charge on any atom is -0.465 e. The van der Waals surface area contributed by atoms with Crippen LogP contribution in [0.4, 0.5) is 15.8 Å². The van der Waals surface area contributed by atoms with Crippen molar-refractivity contribution in [2.24, 2.45) is 7.05 Å². The number of aromatic nitrogens is 2. The number of carbonyl (C=O) groups is 1. The molecule has 0 saturated carbocycles. The van der Waals surface area contributed by atoms with Crippen LogP contribution in [0.25, 0.3) is 11.0 Å². The number of imidazole rings is 1. The van der Waals surface area contributed by atoms with Gasteiger partial charge < -0.3 is 14.6 Å². The Morgan fingerprint density at radius 3 is 2.70 bits per heavy atom. The third-order valence-corrected chi connectivity index (χ3v) is 4.01. The van der Waals surface area contributed by atoms with Crippen LogP contribution in [0.3, 0.4) is 0 Å². The Balaban J connectivity index is 2.18. The van der Waals surface area contributed by atoms with E-state index in [-0.39, 0.29) is 16.8 Å². The zero-order valence-corrected chi connectivity index (χ0v) is 14.0. The predicted molar refractivity (Wildman–Crippen MR) is 89.4 cm³/mol. The molecule has 0 aliphatic rings. The second kappa shape index (κ2) is 6.00. The first-order valence-electron chi connectivity index (χ1n) is 6.75. The van der Waals surface area contributed by atoms with Crippen molar-refractivity contribution in [3.8, 4) is 0 Å². The van der Waals surface area contributed by atoms with Gasteiger partial charge in [-0.05, 0) is 30.3 Å². The summed E-state index contributed by atoms with van der Waals surface area (Å²) >= 11 is 3.34. The van der Waals surface area contributed by atoms with E-state index < -0.39 is 11.8 Å². The van der Waals surface area contributed by atoms with Gasteiger partial charge in [0.05, 0.1) is 30.2 Å². The van der Waals surface area contributed by atoms with E-state index in [4.69, 9.17) is 4.74 Å². The molecule has 0 amide bonds. The van der Waals surface area contributed by atoms with E-state index in [1.807, 2.05) is 12.1 Å². The Bertz CT molecular complexity index is 890. The number of benzene rings is 2. The molecule has 0 atom stereocenters. The molecule has 0 spiro atoms. The molecule has 1 heterocycles. The fraction of sp³-hybridized carbons (Fsp3) is 0.125. The molecule has 0 bridgehead atoms. The molecule has 3 rings (SSSR count). The molecular formula is C16H13BrFN3O2. The molecule has 0 radical (unpaired) electrons. The number of hydrogen-bond acceptors (Lipinski definition) is 4. The van der Waals surface area contributed by atoms with E-state index in [1.54, 1.807) is 29.8 Å². The van der Waals surface area contributed by atoms with Gasteiger partial charge in [0.25, 0.3) is 0 Å². The Kier molecular flexibility index (Phi) is 4.04. The lowest BCUT2D eigenvalue weighted by Gasteiger charge is -2.13. The highest BCUT2D eigenvalue weighted by atomic mass is 79.9. The summed E-state index contributed by atoms with van der Waals surface area (Å²) in [7, 11) is 2.99. The van der Waals surface area contributed by atoms with Crippen LogP contribution in [-0.2, 0) is 11.8 Å². The topological polar surface area (TPSA) is 56.1 Å². The van der Waals surface area contributed by atoms with E-state index in [9.17, 15) is 9.18 Å². The van der Waals surface area contributed by atoms with E-state index in [0.717, 1.165) is 4.47 Å². The largest absolute Gasteiger partial charge is 0.465 e. The summed E-state index contributed by atoms with van der Waals surface area (Å²) in [4.78, 5) is 16.1. The average Bonchev–Trinajstić information content (AvgIpc) is 2.92. The molecule has 0 unspecified atom stereocenters. The highest BCUT2D eigenvalue weighted by molar-refractivity contribution is 9.10. The number of carbonyl (C=O) groups excluding carboxylic acids is 1. The van der Waals surface area contributed by atoms with Crippen molar-refractivity contribution in [3.63, 3.8) is 0 Å². The van der Waals surface area contributed by atoms with E-state index in [2.05, 4.69) is 26.2 Å². The van der Waals surface area contributed by atoms with Gasteiger partial charge in [0.15, 0.2) is 5.82 Å². The first-order chi connectivity index (χ1) is 11.0. The van der Waals surface area contributed by atoms with Gasteiger partial charge in [0.2, 0.25) is 0 Å². The lowest BCUT2D eigenvalue weighted by Crippen LogP contribution is -2.08. The number of aryl methyl sites for hydroxylation is 1. The SMILES string of the molecule is COC(=O)c1cc2c(ncn2C)c(F)c1Nc1ccc(Br)cc1. The number of anilines is 2. The summed E-state index contributed by atoms with van der Waals surface area (Å²) in [6.45, 7) is 0. The summed E-state index contributed by atoms with van der Waals surface area (Å²) in [6.07, 6.45) is 1.50. The number of hydrogen-bond donors (Lipinski definition) is 1. The number of ether oxygens (including phenoxy) is 1. The van der Waals surface area contributed by atoms with Crippen molar-refractivity contribution < 1.29 is 13.9 Å². The molecule has 5 nitrogen and oxygen atoms in total. The van der Waals surface area contributed by atoms with Crippen LogP contribution in [0.15, 0.2) is 41.1 Å². The van der Waals surface area contributed by atoms with Gasteiger partial charge in [-0.15, -0.1) is 0 Å². The Labute approximate surface area is 140 Å². The molecule has 118 valence electrons. The number of rotatable bonds is 3. The summed E-state index contributed by atoms with van der Waals surface area (Å²) < 4.78 is 22.2. The van der Waals surface area contributed by atoms with Gasteiger partial charge in [-0.1, -0.05) is 15.9 Å². The minimum absolute atomic E-state index is 0.0466. The van der Waals surface area contributed by atoms with Crippen molar-refractivity contribution in [2.75, 3.05) is 12.4 Å². The van der Waals surface area contributed by atoms with Crippen LogP contribution >= 0.6 is 15.9 Å². The Morgan fingerprint density at radius 1 is 1.35 bits per heavy atom. The number of halogens is 2. The smallest absolute Gasteiger partial charge is 0.340 e. The summed E-state index contributed by atoms with van der Waals surface area (Å²) in [5.74, 6) is -1.21. The van der Waals surface area contributed by atoms with E-state index >= 15 is 0 Å². The van der Waals surface area contributed by atoms with E-state index in [1.165, 1.54) is 13.4 Å². The summed E-state index contributed by atoms with van der Waals surface area (Å²) in [5, 5.41) is 2.94. The fourth-order valence-corrected chi connectivity index (χ4v) is 2.56. The van der Waals surface area contributed by atoms with Crippen molar-refractivity contribution in [2.45, 2.75) is 0 Å². The highest BCUT2D eigenvalue weighted by Crippen LogP contribution is 2.31. The molecular weight excluding hydrogens is 365 g/mol. The van der Waals surface area contributed by atoms with Gasteiger partial charge in [-0.2, -0.15) is 0 Å². The van der Waals surface area contributed by atoms with E-state index in [0.29, 0.717) is 11.2 Å². The van der Waals surface area contributed by atoms with Crippen LogP contribution in [0.1, 0.15) is 10.4 Å². The second-order valence-corrected chi connectivity index (χ2v) is 5.88. The molecule has 3 aromatic rings. The third-order valence-electron chi connectivity index (χ3n) is 3.48. The Hall–Kier alpha value is -2.41. The Morgan fingerprint density at radius 2 is 2.04 bits per heavy atom. The molecule has 0 saturated heterocycles. The maximum atomic E-state index is 14.8. The normalized spacial score (nSPS) is 10.8.